The molecule has 1 heterocycles. The Morgan fingerprint density at radius 3 is 2.55 bits per heavy atom. The number of nitrogens with zero attached hydrogens (tertiary/aromatic N) is 2. The van der Waals surface area contributed by atoms with E-state index in [-0.39, 0.29) is 12.1 Å². The summed E-state index contributed by atoms with van der Waals surface area (Å²) in [5.74, 6) is 0.836. The van der Waals surface area contributed by atoms with Crippen molar-refractivity contribution in [3.05, 3.63) is 11.9 Å². The van der Waals surface area contributed by atoms with Gasteiger partial charge >= 0.3 is 0 Å². The van der Waals surface area contributed by atoms with Crippen LogP contribution in [0, 0.1) is 0 Å². The third-order valence-corrected chi connectivity index (χ3v) is 3.37. The first-order chi connectivity index (χ1) is 9.73. The van der Waals surface area contributed by atoms with Crippen LogP contribution in [0.25, 0.3) is 0 Å². The predicted octanol–water partition coefficient (Wildman–Crippen LogP) is 2.77. The number of rotatable bonds is 10. The molecule has 0 spiro atoms. The molecular formula is C15H29N3O2. The lowest BCUT2D eigenvalue weighted by molar-refractivity contribution is 0.0288. The smallest absolute Gasteiger partial charge is 0.161 e. The maximum absolute atomic E-state index is 5.90. The van der Waals surface area contributed by atoms with Crippen molar-refractivity contribution < 1.29 is 9.47 Å². The van der Waals surface area contributed by atoms with Crippen LogP contribution in [-0.4, -0.2) is 36.1 Å². The highest BCUT2D eigenvalue weighted by atomic mass is 16.5. The molecule has 0 amide bonds. The van der Waals surface area contributed by atoms with Crippen LogP contribution < -0.4 is 10.1 Å². The molecule has 1 aromatic heterocycles. The molecule has 5 heteroatoms. The van der Waals surface area contributed by atoms with Crippen molar-refractivity contribution in [2.24, 2.45) is 0 Å². The van der Waals surface area contributed by atoms with Crippen LogP contribution >= 0.6 is 0 Å². The third-order valence-electron chi connectivity index (χ3n) is 3.37. The van der Waals surface area contributed by atoms with E-state index in [4.69, 9.17) is 9.47 Å². The van der Waals surface area contributed by atoms with Crippen LogP contribution in [0.3, 0.4) is 0 Å². The third kappa shape index (κ3) is 3.96. The Balaban J connectivity index is 3.13. The van der Waals surface area contributed by atoms with Crippen LogP contribution in [0.15, 0.2) is 6.20 Å². The highest BCUT2D eigenvalue weighted by Gasteiger charge is 2.28. The van der Waals surface area contributed by atoms with Crippen molar-refractivity contribution in [2.45, 2.75) is 59.2 Å². The summed E-state index contributed by atoms with van der Waals surface area (Å²) in [6, 6.07) is 0.106. The Morgan fingerprint density at radius 1 is 1.30 bits per heavy atom. The second-order valence-corrected chi connectivity index (χ2v) is 4.76. The summed E-state index contributed by atoms with van der Waals surface area (Å²) in [6.07, 6.45) is 3.92. The zero-order chi connectivity index (χ0) is 15.0. The Labute approximate surface area is 122 Å². The Bertz CT molecular complexity index is 379. The average Bonchev–Trinajstić information content (AvgIpc) is 2.86. The van der Waals surface area contributed by atoms with Gasteiger partial charge in [0.25, 0.3) is 0 Å². The van der Waals surface area contributed by atoms with Crippen molar-refractivity contribution >= 4 is 0 Å². The van der Waals surface area contributed by atoms with Gasteiger partial charge in [0.05, 0.1) is 31.1 Å². The first-order valence-electron chi connectivity index (χ1n) is 7.67. The van der Waals surface area contributed by atoms with E-state index in [9.17, 15) is 0 Å². The highest BCUT2D eigenvalue weighted by molar-refractivity contribution is 5.29. The van der Waals surface area contributed by atoms with E-state index in [1.807, 2.05) is 11.6 Å². The van der Waals surface area contributed by atoms with E-state index in [2.05, 4.69) is 31.2 Å². The number of ether oxygens (including phenoxy) is 2. The van der Waals surface area contributed by atoms with Gasteiger partial charge in [-0.3, -0.25) is 4.68 Å². The fraction of sp³-hybridized carbons (Fsp3) is 0.800. The van der Waals surface area contributed by atoms with Gasteiger partial charge in [-0.1, -0.05) is 20.8 Å². The van der Waals surface area contributed by atoms with E-state index in [0.717, 1.165) is 37.4 Å². The van der Waals surface area contributed by atoms with Gasteiger partial charge in [-0.25, -0.2) is 0 Å². The fourth-order valence-electron chi connectivity index (χ4n) is 2.53. The Hall–Kier alpha value is -1.07. The fourth-order valence-corrected chi connectivity index (χ4v) is 2.53. The standard InChI is InChI=1S/C15H29N3O2/c1-6-10-18-15(13(19-5)11-17-18)14(16-8-3)12(7-2)20-9-4/h11-12,14,16H,6-10H2,1-5H3. The lowest BCUT2D eigenvalue weighted by Crippen LogP contribution is -2.35. The lowest BCUT2D eigenvalue weighted by atomic mass is 10.0. The lowest BCUT2D eigenvalue weighted by Gasteiger charge is -2.28. The number of likely N-dealkylation sites (N-methyl/N-ethyl adjacent to an activating group) is 1. The van der Waals surface area contributed by atoms with Crippen LogP contribution in [0.1, 0.15) is 52.3 Å². The molecule has 0 radical (unpaired) electrons. The number of aryl methyl sites for hydroxylation is 1. The largest absolute Gasteiger partial charge is 0.493 e. The second kappa shape index (κ2) is 8.97. The predicted molar refractivity (Wildman–Crippen MR) is 81.2 cm³/mol. The van der Waals surface area contributed by atoms with Crippen LogP contribution in [-0.2, 0) is 11.3 Å². The minimum Gasteiger partial charge on any atom is -0.493 e. The molecular weight excluding hydrogens is 254 g/mol. The molecule has 20 heavy (non-hydrogen) atoms. The van der Waals surface area contributed by atoms with Crippen LogP contribution in [0.2, 0.25) is 0 Å². The molecule has 2 atom stereocenters. The maximum atomic E-state index is 5.90. The van der Waals surface area contributed by atoms with Gasteiger partial charge in [0.1, 0.15) is 0 Å². The minimum atomic E-state index is 0.106. The van der Waals surface area contributed by atoms with E-state index in [0.29, 0.717) is 6.61 Å². The average molecular weight is 283 g/mol. The van der Waals surface area contributed by atoms with Crippen molar-refractivity contribution in [2.75, 3.05) is 20.3 Å². The summed E-state index contributed by atoms with van der Waals surface area (Å²) >= 11 is 0. The number of nitrogens with one attached hydrogen (secondary N) is 1. The number of hydrogen-bond acceptors (Lipinski definition) is 4. The molecule has 1 N–H and O–H groups in total. The van der Waals surface area contributed by atoms with E-state index < -0.39 is 0 Å². The second-order valence-electron chi connectivity index (χ2n) is 4.76. The van der Waals surface area contributed by atoms with Gasteiger partial charge in [0, 0.05) is 13.2 Å². The number of aromatic nitrogens is 2. The Morgan fingerprint density at radius 2 is 2.05 bits per heavy atom. The van der Waals surface area contributed by atoms with Crippen LogP contribution in [0.4, 0.5) is 0 Å². The molecule has 0 saturated carbocycles. The van der Waals surface area contributed by atoms with Gasteiger partial charge in [0.2, 0.25) is 0 Å². The molecule has 0 aliphatic carbocycles. The van der Waals surface area contributed by atoms with Gasteiger partial charge in [-0.15, -0.1) is 0 Å². The topological polar surface area (TPSA) is 48.3 Å². The summed E-state index contributed by atoms with van der Waals surface area (Å²) in [7, 11) is 1.70. The molecule has 116 valence electrons. The molecule has 0 bridgehead atoms. The summed E-state index contributed by atoms with van der Waals surface area (Å²) < 4.78 is 13.4. The van der Waals surface area contributed by atoms with E-state index in [1.165, 1.54) is 0 Å². The summed E-state index contributed by atoms with van der Waals surface area (Å²) in [4.78, 5) is 0. The molecule has 0 fully saturated rings. The van der Waals surface area contributed by atoms with Crippen molar-refractivity contribution in [3.8, 4) is 5.75 Å². The van der Waals surface area contributed by atoms with Crippen LogP contribution in [0.5, 0.6) is 5.75 Å². The molecule has 1 aromatic rings. The molecule has 5 nitrogen and oxygen atoms in total. The highest BCUT2D eigenvalue weighted by Crippen LogP contribution is 2.30. The first-order valence-corrected chi connectivity index (χ1v) is 7.67. The zero-order valence-electron chi connectivity index (χ0n) is 13.5. The van der Waals surface area contributed by atoms with Gasteiger partial charge in [-0.05, 0) is 26.3 Å². The monoisotopic (exact) mass is 283 g/mol. The van der Waals surface area contributed by atoms with E-state index >= 15 is 0 Å². The summed E-state index contributed by atoms with van der Waals surface area (Å²) in [5.41, 5.74) is 1.09. The Kier molecular flexibility index (Phi) is 7.62. The normalized spacial score (nSPS) is 14.2. The SMILES string of the molecule is CCCn1ncc(OC)c1C(NCC)C(CC)OCC. The van der Waals surface area contributed by atoms with Gasteiger partial charge in [-0.2, -0.15) is 5.10 Å². The quantitative estimate of drug-likeness (QED) is 0.717. The van der Waals surface area contributed by atoms with Crippen molar-refractivity contribution in [1.82, 2.24) is 15.1 Å². The molecule has 0 aliphatic rings. The zero-order valence-corrected chi connectivity index (χ0v) is 13.5. The number of methoxy groups -OCH3 is 1. The van der Waals surface area contributed by atoms with Crippen molar-refractivity contribution in [1.29, 1.82) is 0 Å². The van der Waals surface area contributed by atoms with Gasteiger partial charge in [0.15, 0.2) is 5.75 Å². The van der Waals surface area contributed by atoms with E-state index in [1.54, 1.807) is 13.3 Å². The summed E-state index contributed by atoms with van der Waals surface area (Å²) in [6.45, 7) is 10.9. The van der Waals surface area contributed by atoms with Crippen molar-refractivity contribution in [3.63, 3.8) is 0 Å². The molecule has 1 rings (SSSR count). The first kappa shape index (κ1) is 17.0. The molecule has 0 aromatic carbocycles. The minimum absolute atomic E-state index is 0.106. The maximum Gasteiger partial charge on any atom is 0.161 e. The summed E-state index contributed by atoms with van der Waals surface area (Å²) in [5, 5.41) is 7.98. The van der Waals surface area contributed by atoms with Gasteiger partial charge < -0.3 is 14.8 Å². The molecule has 2 unspecified atom stereocenters. The molecule has 0 saturated heterocycles. The molecule has 0 aliphatic heterocycles. The number of hydrogen-bond donors (Lipinski definition) is 1.